The summed E-state index contributed by atoms with van der Waals surface area (Å²) < 4.78 is 5.10. The van der Waals surface area contributed by atoms with Crippen molar-refractivity contribution in [1.82, 2.24) is 10.2 Å². The van der Waals surface area contributed by atoms with Crippen molar-refractivity contribution in [3.05, 3.63) is 59.7 Å². The highest BCUT2D eigenvalue weighted by Gasteiger charge is 2.34. The number of amides is 4. The molecule has 1 heterocycles. The summed E-state index contributed by atoms with van der Waals surface area (Å²) in [6.45, 7) is 0.592. The molecule has 1 aliphatic rings. The number of urea groups is 1. The zero-order valence-electron chi connectivity index (χ0n) is 14.3. The van der Waals surface area contributed by atoms with Gasteiger partial charge in [-0.3, -0.25) is 14.5 Å². The number of imide groups is 1. The summed E-state index contributed by atoms with van der Waals surface area (Å²) in [6, 6.07) is 13.4. The molecule has 0 saturated carbocycles. The molecule has 2 N–H and O–H groups in total. The zero-order chi connectivity index (χ0) is 18.5. The summed E-state index contributed by atoms with van der Waals surface area (Å²) in [6.07, 6.45) is 0.469. The predicted molar refractivity (Wildman–Crippen MR) is 96.4 cm³/mol. The maximum Gasteiger partial charge on any atom is 0.319 e. The maximum absolute atomic E-state index is 12.2. The number of methoxy groups -OCH3 is 1. The van der Waals surface area contributed by atoms with Crippen LogP contribution in [-0.4, -0.2) is 42.9 Å². The Balaban J connectivity index is 1.45. The number of anilines is 1. The van der Waals surface area contributed by atoms with Crippen molar-refractivity contribution in [3.8, 4) is 5.75 Å². The summed E-state index contributed by atoms with van der Waals surface area (Å²) in [5, 5.41) is 5.40. The first-order valence-electron chi connectivity index (χ1n) is 8.24. The first-order chi connectivity index (χ1) is 12.6. The van der Waals surface area contributed by atoms with E-state index in [1.165, 1.54) is 4.90 Å². The van der Waals surface area contributed by atoms with Crippen LogP contribution in [0.4, 0.5) is 10.5 Å². The fourth-order valence-corrected chi connectivity index (χ4v) is 2.76. The van der Waals surface area contributed by atoms with Gasteiger partial charge in [0.05, 0.1) is 18.2 Å². The molecule has 0 aromatic heterocycles. The van der Waals surface area contributed by atoms with E-state index >= 15 is 0 Å². The van der Waals surface area contributed by atoms with E-state index in [9.17, 15) is 14.4 Å². The number of ether oxygens (including phenoxy) is 1. The monoisotopic (exact) mass is 353 g/mol. The second-order valence-corrected chi connectivity index (χ2v) is 5.77. The third kappa shape index (κ3) is 3.66. The van der Waals surface area contributed by atoms with Crippen molar-refractivity contribution in [2.75, 3.05) is 25.5 Å². The molecule has 1 aliphatic heterocycles. The minimum atomic E-state index is -0.361. The molecule has 0 atom stereocenters. The standard InChI is InChI=1S/C19H19N3O4/c1-26-14-7-4-6-13(12-14)21-19(25)20-10-5-11-22-17(23)15-8-2-3-9-16(15)18(22)24/h2-4,6-9,12H,5,10-11H2,1H3,(H2,20,21,25). The number of fused-ring (bicyclic) bond motifs is 1. The van der Waals surface area contributed by atoms with Crippen molar-refractivity contribution < 1.29 is 19.1 Å². The number of rotatable bonds is 6. The van der Waals surface area contributed by atoms with E-state index in [2.05, 4.69) is 10.6 Å². The minimum absolute atomic E-state index is 0.256. The molecule has 7 nitrogen and oxygen atoms in total. The van der Waals surface area contributed by atoms with Crippen molar-refractivity contribution >= 4 is 23.5 Å². The van der Waals surface area contributed by atoms with E-state index in [1.54, 1.807) is 55.6 Å². The van der Waals surface area contributed by atoms with E-state index in [0.717, 1.165) is 0 Å². The summed E-state index contributed by atoms with van der Waals surface area (Å²) in [5.41, 5.74) is 1.48. The number of carbonyl (C=O) groups is 3. The van der Waals surface area contributed by atoms with E-state index in [4.69, 9.17) is 4.74 Å². The average Bonchev–Trinajstić information content (AvgIpc) is 2.90. The molecule has 2 aromatic carbocycles. The lowest BCUT2D eigenvalue weighted by atomic mass is 10.1. The second-order valence-electron chi connectivity index (χ2n) is 5.77. The number of nitrogens with zero attached hydrogens (tertiary/aromatic N) is 1. The van der Waals surface area contributed by atoms with E-state index in [-0.39, 0.29) is 24.4 Å². The SMILES string of the molecule is COc1cccc(NC(=O)NCCCN2C(=O)c3ccccc3C2=O)c1. The molecule has 0 fully saturated rings. The second kappa shape index (κ2) is 7.69. The molecule has 3 rings (SSSR count). The Kier molecular flexibility index (Phi) is 5.17. The smallest absolute Gasteiger partial charge is 0.319 e. The summed E-state index contributed by atoms with van der Waals surface area (Å²) >= 11 is 0. The topological polar surface area (TPSA) is 87.7 Å². The first kappa shape index (κ1) is 17.5. The molecule has 0 radical (unpaired) electrons. The Morgan fingerprint density at radius 1 is 1.04 bits per heavy atom. The molecular formula is C19H19N3O4. The van der Waals surface area contributed by atoms with E-state index in [1.807, 2.05) is 0 Å². The molecule has 2 aromatic rings. The van der Waals surface area contributed by atoms with Gasteiger partial charge in [-0.25, -0.2) is 4.79 Å². The third-order valence-electron chi connectivity index (χ3n) is 4.05. The maximum atomic E-state index is 12.2. The Morgan fingerprint density at radius 3 is 2.38 bits per heavy atom. The van der Waals surface area contributed by atoms with Gasteiger partial charge in [-0.05, 0) is 30.7 Å². The van der Waals surface area contributed by atoms with Gasteiger partial charge in [-0.15, -0.1) is 0 Å². The van der Waals surface area contributed by atoms with Gasteiger partial charge in [0.15, 0.2) is 0 Å². The highest BCUT2D eigenvalue weighted by Crippen LogP contribution is 2.22. The quantitative estimate of drug-likeness (QED) is 0.617. The number of benzene rings is 2. The van der Waals surface area contributed by atoms with Crippen molar-refractivity contribution in [2.24, 2.45) is 0 Å². The van der Waals surface area contributed by atoms with Crippen LogP contribution in [0.25, 0.3) is 0 Å². The third-order valence-corrected chi connectivity index (χ3v) is 4.05. The van der Waals surface area contributed by atoms with Crippen LogP contribution in [0.3, 0.4) is 0 Å². The number of hydrogen-bond donors (Lipinski definition) is 2. The highest BCUT2D eigenvalue weighted by molar-refractivity contribution is 6.21. The molecule has 0 bridgehead atoms. The van der Waals surface area contributed by atoms with Crippen molar-refractivity contribution in [3.63, 3.8) is 0 Å². The van der Waals surface area contributed by atoms with Gasteiger partial charge < -0.3 is 15.4 Å². The lowest BCUT2D eigenvalue weighted by Gasteiger charge is -2.14. The largest absolute Gasteiger partial charge is 0.497 e. The lowest BCUT2D eigenvalue weighted by molar-refractivity contribution is 0.0653. The molecule has 134 valence electrons. The zero-order valence-corrected chi connectivity index (χ0v) is 14.3. The molecule has 26 heavy (non-hydrogen) atoms. The predicted octanol–water partition coefficient (Wildman–Crippen LogP) is 2.50. The summed E-state index contributed by atoms with van der Waals surface area (Å²) in [7, 11) is 1.55. The number of carbonyl (C=O) groups excluding carboxylic acids is 3. The van der Waals surface area contributed by atoms with Crippen molar-refractivity contribution in [1.29, 1.82) is 0 Å². The van der Waals surface area contributed by atoms with Gasteiger partial charge in [-0.2, -0.15) is 0 Å². The Morgan fingerprint density at radius 2 is 1.73 bits per heavy atom. The van der Waals surface area contributed by atoms with E-state index in [0.29, 0.717) is 35.5 Å². The van der Waals surface area contributed by atoms with Crippen LogP contribution in [0.2, 0.25) is 0 Å². The van der Waals surface area contributed by atoms with Crippen LogP contribution in [0, 0.1) is 0 Å². The summed E-state index contributed by atoms with van der Waals surface area (Å²) in [4.78, 5) is 37.6. The molecule has 0 aliphatic carbocycles. The normalized spacial score (nSPS) is 12.7. The minimum Gasteiger partial charge on any atom is -0.497 e. The van der Waals surface area contributed by atoms with Gasteiger partial charge >= 0.3 is 6.03 Å². The van der Waals surface area contributed by atoms with Crippen LogP contribution in [0.1, 0.15) is 27.1 Å². The molecule has 0 saturated heterocycles. The molecule has 4 amide bonds. The fourth-order valence-electron chi connectivity index (χ4n) is 2.76. The van der Waals surface area contributed by atoms with Crippen LogP contribution >= 0.6 is 0 Å². The van der Waals surface area contributed by atoms with E-state index < -0.39 is 0 Å². The van der Waals surface area contributed by atoms with Gasteiger partial charge in [0, 0.05) is 24.8 Å². The van der Waals surface area contributed by atoms with Gasteiger partial charge in [0.2, 0.25) is 0 Å². The number of nitrogens with one attached hydrogen (secondary N) is 2. The van der Waals surface area contributed by atoms with Crippen LogP contribution in [0.5, 0.6) is 5.75 Å². The van der Waals surface area contributed by atoms with Gasteiger partial charge in [-0.1, -0.05) is 18.2 Å². The molecule has 0 spiro atoms. The number of hydrogen-bond acceptors (Lipinski definition) is 4. The van der Waals surface area contributed by atoms with Crippen LogP contribution in [-0.2, 0) is 0 Å². The average molecular weight is 353 g/mol. The fraction of sp³-hybridized carbons (Fsp3) is 0.211. The van der Waals surface area contributed by atoms with Gasteiger partial charge in [0.25, 0.3) is 11.8 Å². The summed E-state index contributed by atoms with van der Waals surface area (Å²) in [5.74, 6) is 0.0753. The van der Waals surface area contributed by atoms with Crippen LogP contribution in [0.15, 0.2) is 48.5 Å². The lowest BCUT2D eigenvalue weighted by Crippen LogP contribution is -2.35. The first-order valence-corrected chi connectivity index (χ1v) is 8.24. The van der Waals surface area contributed by atoms with Gasteiger partial charge in [0.1, 0.15) is 5.75 Å². The molecular weight excluding hydrogens is 334 g/mol. The highest BCUT2D eigenvalue weighted by atomic mass is 16.5. The Bertz CT molecular complexity index is 815. The van der Waals surface area contributed by atoms with Crippen molar-refractivity contribution in [2.45, 2.75) is 6.42 Å². The van der Waals surface area contributed by atoms with Crippen LogP contribution < -0.4 is 15.4 Å². The molecule has 7 heteroatoms. The molecule has 0 unspecified atom stereocenters. The Hall–Kier alpha value is -3.35. The Labute approximate surface area is 150 Å².